The molecule has 5 nitrogen and oxygen atoms in total. The van der Waals surface area contributed by atoms with E-state index in [-0.39, 0.29) is 19.1 Å². The fraction of sp³-hybridized carbons (Fsp3) is 0.500. The van der Waals surface area contributed by atoms with Crippen molar-refractivity contribution in [2.24, 2.45) is 0 Å². The van der Waals surface area contributed by atoms with Gasteiger partial charge in [0.1, 0.15) is 0 Å². The third kappa shape index (κ3) is 2.78. The van der Waals surface area contributed by atoms with Gasteiger partial charge in [0, 0.05) is 5.69 Å². The average Bonchev–Trinajstić information content (AvgIpc) is 2.74. The van der Waals surface area contributed by atoms with Crippen molar-refractivity contribution in [2.75, 3.05) is 31.7 Å². The molecule has 2 rings (SSSR count). The predicted octanol–water partition coefficient (Wildman–Crippen LogP) is -0.309. The number of hydrogen-bond donors (Lipinski definition) is 3. The van der Waals surface area contributed by atoms with Crippen molar-refractivity contribution in [2.45, 2.75) is 18.9 Å². The molecule has 0 saturated carbocycles. The molecule has 1 aliphatic heterocycles. The van der Waals surface area contributed by atoms with Crippen molar-refractivity contribution < 1.29 is 15.0 Å². The maximum absolute atomic E-state index is 12.0. The molecule has 0 unspecified atom stereocenters. The zero-order valence-electron chi connectivity index (χ0n) is 11.1. The summed E-state index contributed by atoms with van der Waals surface area (Å²) >= 11 is 0. The Labute approximate surface area is 112 Å². The maximum Gasteiger partial charge on any atom is 0.231 e. The number of carbonyl (C=O) groups is 1. The number of carbonyl (C=O) groups excluding carboxylic acids is 1. The Morgan fingerprint density at radius 2 is 2.11 bits per heavy atom. The van der Waals surface area contributed by atoms with Crippen molar-refractivity contribution in [3.8, 4) is 0 Å². The van der Waals surface area contributed by atoms with Crippen LogP contribution in [0.3, 0.4) is 0 Å². The quantitative estimate of drug-likeness (QED) is 0.659. The molecule has 5 heteroatoms. The van der Waals surface area contributed by atoms with Crippen molar-refractivity contribution in [3.05, 3.63) is 29.3 Å². The fourth-order valence-corrected chi connectivity index (χ4v) is 2.44. The first kappa shape index (κ1) is 14.0. The van der Waals surface area contributed by atoms with Crippen LogP contribution in [0.1, 0.15) is 11.1 Å². The van der Waals surface area contributed by atoms with Gasteiger partial charge in [0.2, 0.25) is 5.91 Å². The Balaban J connectivity index is 2.24. The molecule has 0 radical (unpaired) electrons. The smallest absolute Gasteiger partial charge is 0.231 e. The number of aliphatic hydroxyl groups excluding tert-OH is 2. The molecule has 0 spiro atoms. The van der Waals surface area contributed by atoms with Gasteiger partial charge in [0.25, 0.3) is 0 Å². The lowest BCUT2D eigenvalue weighted by Gasteiger charge is -2.25. The summed E-state index contributed by atoms with van der Waals surface area (Å²) in [5.41, 5.74) is 2.98. The van der Waals surface area contributed by atoms with Crippen LogP contribution in [-0.2, 0) is 17.6 Å². The second-order valence-corrected chi connectivity index (χ2v) is 4.78. The van der Waals surface area contributed by atoms with E-state index in [0.717, 1.165) is 24.2 Å². The van der Waals surface area contributed by atoms with E-state index in [1.807, 2.05) is 25.2 Å². The molecule has 0 fully saturated rings. The van der Waals surface area contributed by atoms with Crippen LogP contribution < -0.4 is 10.2 Å². The number of amides is 1. The summed E-state index contributed by atoms with van der Waals surface area (Å²) in [4.78, 5) is 13.5. The summed E-state index contributed by atoms with van der Waals surface area (Å²) in [5.74, 6) is -0.0612. The van der Waals surface area contributed by atoms with Crippen LogP contribution in [0.25, 0.3) is 0 Å². The number of nitrogens with one attached hydrogen (secondary N) is 1. The molecule has 0 aliphatic carbocycles. The van der Waals surface area contributed by atoms with Gasteiger partial charge in [0.05, 0.1) is 25.7 Å². The van der Waals surface area contributed by atoms with Crippen molar-refractivity contribution >= 4 is 11.6 Å². The van der Waals surface area contributed by atoms with Crippen LogP contribution in [0.15, 0.2) is 18.2 Å². The third-order valence-corrected chi connectivity index (χ3v) is 3.46. The van der Waals surface area contributed by atoms with E-state index in [9.17, 15) is 15.0 Å². The minimum Gasteiger partial charge on any atom is -0.394 e. The summed E-state index contributed by atoms with van der Waals surface area (Å²) in [7, 11) is 1.91. The lowest BCUT2D eigenvalue weighted by molar-refractivity contribution is -0.118. The second kappa shape index (κ2) is 6.14. The van der Waals surface area contributed by atoms with Crippen LogP contribution >= 0.6 is 0 Å². The van der Waals surface area contributed by atoms with Crippen molar-refractivity contribution in [3.63, 3.8) is 0 Å². The lowest BCUT2D eigenvalue weighted by Crippen LogP contribution is -2.42. The number of likely N-dealkylation sites (N-methyl/N-ethyl adjacent to an activating group) is 1. The summed E-state index contributed by atoms with van der Waals surface area (Å²) in [6.07, 6.45) is 1.26. The van der Waals surface area contributed by atoms with E-state index in [0.29, 0.717) is 6.42 Å². The maximum atomic E-state index is 12.0. The van der Waals surface area contributed by atoms with E-state index in [2.05, 4.69) is 5.32 Å². The van der Waals surface area contributed by atoms with Gasteiger partial charge in [-0.1, -0.05) is 12.1 Å². The second-order valence-electron chi connectivity index (χ2n) is 4.78. The van der Waals surface area contributed by atoms with E-state index in [1.165, 1.54) is 10.5 Å². The lowest BCUT2D eigenvalue weighted by atomic mass is 10.1. The molecule has 1 aliphatic rings. The first-order valence-corrected chi connectivity index (χ1v) is 6.51. The minimum absolute atomic E-state index is 0.0612. The zero-order chi connectivity index (χ0) is 13.8. The normalized spacial score (nSPS) is 14.3. The van der Waals surface area contributed by atoms with E-state index < -0.39 is 6.04 Å². The predicted molar refractivity (Wildman–Crippen MR) is 73.2 cm³/mol. The summed E-state index contributed by atoms with van der Waals surface area (Å²) in [5, 5.41) is 21.6. The first-order valence-electron chi connectivity index (χ1n) is 6.51. The van der Waals surface area contributed by atoms with Crippen LogP contribution in [0.2, 0.25) is 0 Å². The molecule has 0 saturated heterocycles. The topological polar surface area (TPSA) is 72.8 Å². The first-order chi connectivity index (χ1) is 9.21. The molecule has 104 valence electrons. The van der Waals surface area contributed by atoms with Gasteiger partial charge in [-0.25, -0.2) is 0 Å². The van der Waals surface area contributed by atoms with Gasteiger partial charge in [-0.05, 0) is 37.2 Å². The molecular formula is C14H20N2O3. The Morgan fingerprint density at radius 3 is 2.74 bits per heavy atom. The Morgan fingerprint density at radius 1 is 1.37 bits per heavy atom. The van der Waals surface area contributed by atoms with Gasteiger partial charge in [0.15, 0.2) is 0 Å². The Hall–Kier alpha value is -1.43. The zero-order valence-corrected chi connectivity index (χ0v) is 11.1. The van der Waals surface area contributed by atoms with Crippen molar-refractivity contribution in [1.29, 1.82) is 0 Å². The number of hydrogen-bond acceptors (Lipinski definition) is 4. The van der Waals surface area contributed by atoms with Gasteiger partial charge in [-0.15, -0.1) is 0 Å². The molecule has 0 atom stereocenters. The molecule has 0 bridgehead atoms. The Kier molecular flexibility index (Phi) is 4.52. The average molecular weight is 264 g/mol. The minimum atomic E-state index is -0.545. The van der Waals surface area contributed by atoms with Crippen LogP contribution in [0, 0.1) is 0 Å². The largest absolute Gasteiger partial charge is 0.394 e. The number of rotatable bonds is 6. The molecule has 19 heavy (non-hydrogen) atoms. The van der Waals surface area contributed by atoms with Gasteiger partial charge < -0.3 is 20.4 Å². The molecule has 1 aromatic carbocycles. The highest BCUT2D eigenvalue weighted by Crippen LogP contribution is 2.31. The molecular weight excluding hydrogens is 244 g/mol. The molecule has 1 aromatic rings. The number of fused-ring (bicyclic) bond motifs is 1. The third-order valence-electron chi connectivity index (χ3n) is 3.46. The highest BCUT2D eigenvalue weighted by atomic mass is 16.3. The number of benzene rings is 1. The SMILES string of the molecule is CNCCc1ccc2c(c1)CC(=O)N2C(CO)CO. The summed E-state index contributed by atoms with van der Waals surface area (Å²) in [6.45, 7) is 0.429. The number of aliphatic hydroxyl groups is 2. The Bertz CT molecular complexity index is 458. The van der Waals surface area contributed by atoms with Gasteiger partial charge >= 0.3 is 0 Å². The number of nitrogens with zero attached hydrogens (tertiary/aromatic N) is 1. The van der Waals surface area contributed by atoms with E-state index in [1.54, 1.807) is 0 Å². The molecule has 3 N–H and O–H groups in total. The van der Waals surface area contributed by atoms with Gasteiger partial charge in [-0.2, -0.15) is 0 Å². The number of anilines is 1. The molecule has 0 aromatic heterocycles. The summed E-state index contributed by atoms with van der Waals surface area (Å²) < 4.78 is 0. The summed E-state index contributed by atoms with van der Waals surface area (Å²) in [6, 6.07) is 5.39. The van der Waals surface area contributed by atoms with Crippen LogP contribution in [0.4, 0.5) is 5.69 Å². The van der Waals surface area contributed by atoms with E-state index in [4.69, 9.17) is 0 Å². The standard InChI is InChI=1S/C14H20N2O3/c1-15-5-4-10-2-3-13-11(6-10)7-14(19)16(13)12(8-17)9-18/h2-3,6,12,15,17-18H,4-5,7-9H2,1H3. The fourth-order valence-electron chi connectivity index (χ4n) is 2.44. The van der Waals surface area contributed by atoms with Crippen LogP contribution in [-0.4, -0.2) is 49.0 Å². The van der Waals surface area contributed by atoms with E-state index >= 15 is 0 Å². The molecule has 1 heterocycles. The highest BCUT2D eigenvalue weighted by Gasteiger charge is 2.32. The monoisotopic (exact) mass is 264 g/mol. The van der Waals surface area contributed by atoms with Crippen LogP contribution in [0.5, 0.6) is 0 Å². The van der Waals surface area contributed by atoms with Gasteiger partial charge in [-0.3, -0.25) is 4.79 Å². The highest BCUT2D eigenvalue weighted by molar-refractivity contribution is 6.02. The molecule has 1 amide bonds. The van der Waals surface area contributed by atoms with Crippen molar-refractivity contribution in [1.82, 2.24) is 5.32 Å².